The summed E-state index contributed by atoms with van der Waals surface area (Å²) < 4.78 is 10.1. The molecule has 18 heavy (non-hydrogen) atoms. The van der Waals surface area contributed by atoms with Gasteiger partial charge in [-0.1, -0.05) is 20.3 Å². The second-order valence-electron chi connectivity index (χ2n) is 4.41. The van der Waals surface area contributed by atoms with Crippen molar-refractivity contribution >= 4 is 11.9 Å². The molecule has 0 spiro atoms. The van der Waals surface area contributed by atoms with E-state index >= 15 is 0 Å². The smallest absolute Gasteiger partial charge is 0.324 e. The lowest BCUT2D eigenvalue weighted by Gasteiger charge is -2.15. The van der Waals surface area contributed by atoms with Crippen LogP contribution in [-0.4, -0.2) is 48.7 Å². The van der Waals surface area contributed by atoms with Crippen molar-refractivity contribution in [3.8, 4) is 0 Å². The fourth-order valence-electron chi connectivity index (χ4n) is 1.90. The maximum absolute atomic E-state index is 11.7. The second-order valence-corrected chi connectivity index (χ2v) is 4.41. The number of unbranched alkanes of at least 4 members (excludes halogenated alkanes) is 1. The molecule has 0 N–H and O–H groups in total. The van der Waals surface area contributed by atoms with E-state index in [2.05, 4.69) is 0 Å². The SMILES string of the molecule is CCCCOC(=O)[C@@H]1CN1[C@@H](CC)C(=O)OCC. The van der Waals surface area contributed by atoms with E-state index in [4.69, 9.17) is 9.47 Å². The minimum atomic E-state index is -0.311. The molecule has 104 valence electrons. The van der Waals surface area contributed by atoms with E-state index < -0.39 is 0 Å². The average molecular weight is 257 g/mol. The number of carbonyl (C=O) groups is 2. The van der Waals surface area contributed by atoms with Gasteiger partial charge in [0, 0.05) is 6.54 Å². The summed E-state index contributed by atoms with van der Waals surface area (Å²) in [6.07, 6.45) is 2.53. The Kier molecular flexibility index (Phi) is 6.12. The largest absolute Gasteiger partial charge is 0.465 e. The van der Waals surface area contributed by atoms with Gasteiger partial charge in [-0.2, -0.15) is 0 Å². The van der Waals surface area contributed by atoms with Crippen LogP contribution in [-0.2, 0) is 19.1 Å². The fourth-order valence-corrected chi connectivity index (χ4v) is 1.90. The van der Waals surface area contributed by atoms with Crippen molar-refractivity contribution in [3.63, 3.8) is 0 Å². The third kappa shape index (κ3) is 3.98. The molecule has 0 amide bonds. The third-order valence-corrected chi connectivity index (χ3v) is 3.01. The van der Waals surface area contributed by atoms with E-state index in [0.717, 1.165) is 12.8 Å². The molecule has 5 heteroatoms. The molecular weight excluding hydrogens is 234 g/mol. The summed E-state index contributed by atoms with van der Waals surface area (Å²) >= 11 is 0. The molecule has 0 aromatic rings. The standard InChI is InChI=1S/C13H23NO4/c1-4-7-8-18-13(16)11-9-14(11)10(5-2)12(15)17-6-3/h10-11H,4-9H2,1-3H3/t10-,11-,14?/m0/s1. The number of esters is 2. The van der Waals surface area contributed by atoms with Gasteiger partial charge in [0.1, 0.15) is 12.1 Å². The highest BCUT2D eigenvalue weighted by molar-refractivity contribution is 5.83. The molecule has 0 saturated carbocycles. The van der Waals surface area contributed by atoms with Gasteiger partial charge in [-0.25, -0.2) is 0 Å². The molecule has 0 aromatic heterocycles. The first-order chi connectivity index (χ1) is 8.65. The molecular formula is C13H23NO4. The fraction of sp³-hybridized carbons (Fsp3) is 0.846. The number of carbonyl (C=O) groups excluding carboxylic acids is 2. The van der Waals surface area contributed by atoms with Crippen LogP contribution in [0.2, 0.25) is 0 Å². The summed E-state index contributed by atoms with van der Waals surface area (Å²) in [5, 5.41) is 0. The van der Waals surface area contributed by atoms with Crippen molar-refractivity contribution in [1.82, 2.24) is 4.90 Å². The minimum absolute atomic E-state index is 0.216. The van der Waals surface area contributed by atoms with E-state index in [1.165, 1.54) is 0 Å². The number of hydrogen-bond donors (Lipinski definition) is 0. The van der Waals surface area contributed by atoms with Crippen molar-refractivity contribution < 1.29 is 19.1 Å². The predicted octanol–water partition coefficient (Wildman–Crippen LogP) is 1.36. The molecule has 0 aliphatic carbocycles. The van der Waals surface area contributed by atoms with Crippen LogP contribution in [0.3, 0.4) is 0 Å². The summed E-state index contributed by atoms with van der Waals surface area (Å²) in [6, 6.07) is -0.565. The van der Waals surface area contributed by atoms with Crippen LogP contribution in [0.25, 0.3) is 0 Å². The maximum atomic E-state index is 11.7. The molecule has 1 rings (SSSR count). The quantitative estimate of drug-likeness (QED) is 0.373. The van der Waals surface area contributed by atoms with Gasteiger partial charge in [-0.05, 0) is 19.8 Å². The summed E-state index contributed by atoms with van der Waals surface area (Å²) in [5.74, 6) is -0.463. The normalized spacial score (nSPS) is 23.3. The summed E-state index contributed by atoms with van der Waals surface area (Å²) in [6.45, 7) is 7.18. The third-order valence-electron chi connectivity index (χ3n) is 3.01. The van der Waals surface area contributed by atoms with Crippen molar-refractivity contribution in [2.45, 2.75) is 52.1 Å². The molecule has 1 aliphatic heterocycles. The zero-order valence-electron chi connectivity index (χ0n) is 11.5. The van der Waals surface area contributed by atoms with Crippen LogP contribution in [0.5, 0.6) is 0 Å². The molecule has 0 aromatic carbocycles. The van der Waals surface area contributed by atoms with Gasteiger partial charge in [0.25, 0.3) is 0 Å². The van der Waals surface area contributed by atoms with Gasteiger partial charge in [0.2, 0.25) is 0 Å². The lowest BCUT2D eigenvalue weighted by molar-refractivity contribution is -0.149. The average Bonchev–Trinajstić information content (AvgIpc) is 3.11. The Balaban J connectivity index is 2.36. The Hall–Kier alpha value is -1.10. The number of hydrogen-bond acceptors (Lipinski definition) is 5. The first-order valence-electron chi connectivity index (χ1n) is 6.74. The van der Waals surface area contributed by atoms with Gasteiger partial charge in [-0.3, -0.25) is 14.5 Å². The highest BCUT2D eigenvalue weighted by Gasteiger charge is 2.48. The van der Waals surface area contributed by atoms with Crippen molar-refractivity contribution in [1.29, 1.82) is 0 Å². The van der Waals surface area contributed by atoms with Crippen LogP contribution >= 0.6 is 0 Å². The first kappa shape index (κ1) is 15.0. The number of rotatable bonds is 8. The molecule has 0 radical (unpaired) electrons. The molecule has 1 saturated heterocycles. The zero-order chi connectivity index (χ0) is 13.5. The molecule has 1 aliphatic rings. The minimum Gasteiger partial charge on any atom is -0.465 e. The van der Waals surface area contributed by atoms with Gasteiger partial charge < -0.3 is 9.47 Å². The van der Waals surface area contributed by atoms with Crippen LogP contribution < -0.4 is 0 Å². The van der Waals surface area contributed by atoms with Crippen LogP contribution in [0.15, 0.2) is 0 Å². The highest BCUT2D eigenvalue weighted by atomic mass is 16.5. The molecule has 1 heterocycles. The monoisotopic (exact) mass is 257 g/mol. The zero-order valence-corrected chi connectivity index (χ0v) is 11.5. The second kappa shape index (κ2) is 7.36. The summed E-state index contributed by atoms with van der Waals surface area (Å²) in [5.41, 5.74) is 0. The topological polar surface area (TPSA) is 55.6 Å². The molecule has 1 fully saturated rings. The van der Waals surface area contributed by atoms with Crippen LogP contribution in [0.4, 0.5) is 0 Å². The van der Waals surface area contributed by atoms with Crippen LogP contribution in [0, 0.1) is 0 Å². The predicted molar refractivity (Wildman–Crippen MR) is 67.1 cm³/mol. The molecule has 1 unspecified atom stereocenters. The summed E-state index contributed by atoms with van der Waals surface area (Å²) in [7, 11) is 0. The van der Waals surface area contributed by atoms with Crippen molar-refractivity contribution in [3.05, 3.63) is 0 Å². The van der Waals surface area contributed by atoms with Crippen LogP contribution in [0.1, 0.15) is 40.0 Å². The van der Waals surface area contributed by atoms with Crippen molar-refractivity contribution in [2.24, 2.45) is 0 Å². The molecule has 0 bridgehead atoms. The van der Waals surface area contributed by atoms with Gasteiger partial charge in [0.05, 0.1) is 13.2 Å². The van der Waals surface area contributed by atoms with Gasteiger partial charge >= 0.3 is 11.9 Å². The van der Waals surface area contributed by atoms with E-state index in [-0.39, 0.29) is 24.0 Å². The maximum Gasteiger partial charge on any atom is 0.324 e. The molecule has 3 atom stereocenters. The Bertz CT molecular complexity index is 293. The van der Waals surface area contributed by atoms with E-state index in [1.54, 1.807) is 6.92 Å². The Labute approximate surface area is 108 Å². The van der Waals surface area contributed by atoms with E-state index in [0.29, 0.717) is 26.2 Å². The Morgan fingerprint density at radius 3 is 2.56 bits per heavy atom. The molecule has 5 nitrogen and oxygen atoms in total. The Morgan fingerprint density at radius 1 is 1.28 bits per heavy atom. The Morgan fingerprint density at radius 2 is 2.00 bits per heavy atom. The van der Waals surface area contributed by atoms with Crippen molar-refractivity contribution in [2.75, 3.05) is 19.8 Å². The van der Waals surface area contributed by atoms with E-state index in [9.17, 15) is 9.59 Å². The highest BCUT2D eigenvalue weighted by Crippen LogP contribution is 2.25. The van der Waals surface area contributed by atoms with Gasteiger partial charge in [0.15, 0.2) is 0 Å². The number of nitrogens with zero attached hydrogens (tertiary/aromatic N) is 1. The number of ether oxygens (including phenoxy) is 2. The summed E-state index contributed by atoms with van der Waals surface area (Å²) in [4.78, 5) is 25.2. The van der Waals surface area contributed by atoms with Gasteiger partial charge in [-0.15, -0.1) is 0 Å². The lowest BCUT2D eigenvalue weighted by atomic mass is 10.2. The van der Waals surface area contributed by atoms with E-state index in [1.807, 2.05) is 18.7 Å². The first-order valence-corrected chi connectivity index (χ1v) is 6.74. The lowest BCUT2D eigenvalue weighted by Crippen LogP contribution is -2.33.